The van der Waals surface area contributed by atoms with Gasteiger partial charge in [-0.2, -0.15) is 0 Å². The minimum Gasteiger partial charge on any atom is -0.464 e. The van der Waals surface area contributed by atoms with Crippen LogP contribution in [0.25, 0.3) is 0 Å². The van der Waals surface area contributed by atoms with Gasteiger partial charge in [-0.3, -0.25) is 0 Å². The van der Waals surface area contributed by atoms with E-state index in [0.717, 1.165) is 38.0 Å². The van der Waals surface area contributed by atoms with Gasteiger partial charge in [-0.25, -0.2) is 9.48 Å². The number of methoxy groups -OCH3 is 1. The molecule has 20 heavy (non-hydrogen) atoms. The molecular weight excluding hydrogens is 256 g/mol. The van der Waals surface area contributed by atoms with E-state index in [2.05, 4.69) is 22.1 Å². The van der Waals surface area contributed by atoms with Crippen LogP contribution in [0.5, 0.6) is 0 Å². The topological polar surface area (TPSA) is 60.2 Å². The van der Waals surface area contributed by atoms with Crippen molar-refractivity contribution in [1.82, 2.24) is 19.9 Å². The molecule has 1 fully saturated rings. The number of carbonyl (C=O) groups is 1. The van der Waals surface area contributed by atoms with Crippen molar-refractivity contribution in [3.8, 4) is 0 Å². The first-order valence-electron chi connectivity index (χ1n) is 7.49. The predicted molar refractivity (Wildman–Crippen MR) is 75.6 cm³/mol. The number of esters is 1. The molecule has 0 atom stereocenters. The van der Waals surface area contributed by atoms with Crippen LogP contribution in [0, 0.1) is 0 Å². The van der Waals surface area contributed by atoms with Crippen molar-refractivity contribution in [2.24, 2.45) is 0 Å². The molecule has 1 aliphatic heterocycles. The molecule has 0 aromatic carbocycles. The van der Waals surface area contributed by atoms with Crippen LogP contribution in [-0.4, -0.2) is 52.6 Å². The molecule has 0 aliphatic carbocycles. The summed E-state index contributed by atoms with van der Waals surface area (Å²) < 4.78 is 6.63. The third kappa shape index (κ3) is 3.56. The molecule has 0 N–H and O–H groups in total. The van der Waals surface area contributed by atoms with E-state index in [0.29, 0.717) is 5.69 Å². The number of hydrogen-bond donors (Lipinski definition) is 0. The summed E-state index contributed by atoms with van der Waals surface area (Å²) in [6.07, 6.45) is 5.44. The highest BCUT2D eigenvalue weighted by atomic mass is 16.5. The minimum absolute atomic E-state index is 0.371. The molecule has 0 saturated carbocycles. The largest absolute Gasteiger partial charge is 0.464 e. The summed E-state index contributed by atoms with van der Waals surface area (Å²) in [4.78, 5) is 14.1. The Hall–Kier alpha value is -1.43. The number of nitrogens with zero attached hydrogens (tertiary/aromatic N) is 4. The highest BCUT2D eigenvalue weighted by molar-refractivity contribution is 5.88. The molecular formula is C14H24N4O2. The summed E-state index contributed by atoms with van der Waals surface area (Å²) >= 11 is 0. The first-order chi connectivity index (χ1) is 9.76. The molecule has 0 spiro atoms. The number of rotatable bonds is 7. The van der Waals surface area contributed by atoms with Gasteiger partial charge < -0.3 is 9.64 Å². The summed E-state index contributed by atoms with van der Waals surface area (Å²) in [6.45, 7) is 6.43. The van der Waals surface area contributed by atoms with Crippen molar-refractivity contribution in [2.45, 2.75) is 45.6 Å². The molecule has 6 heteroatoms. The number of ether oxygens (including phenoxy) is 1. The van der Waals surface area contributed by atoms with E-state index in [-0.39, 0.29) is 5.97 Å². The van der Waals surface area contributed by atoms with Crippen LogP contribution in [0.15, 0.2) is 0 Å². The molecule has 2 rings (SSSR count). The minimum atomic E-state index is -0.390. The average Bonchev–Trinajstić information content (AvgIpc) is 3.09. The van der Waals surface area contributed by atoms with Gasteiger partial charge >= 0.3 is 5.97 Å². The van der Waals surface area contributed by atoms with Crippen LogP contribution in [-0.2, 0) is 17.7 Å². The summed E-state index contributed by atoms with van der Waals surface area (Å²) in [5, 5.41) is 8.10. The van der Waals surface area contributed by atoms with E-state index in [1.807, 2.05) is 4.68 Å². The summed E-state index contributed by atoms with van der Waals surface area (Å²) in [5.74, 6) is -0.390. The Balaban J connectivity index is 1.95. The summed E-state index contributed by atoms with van der Waals surface area (Å²) in [6, 6.07) is 0. The monoisotopic (exact) mass is 280 g/mol. The van der Waals surface area contributed by atoms with Crippen molar-refractivity contribution >= 4 is 5.97 Å². The number of aromatic nitrogens is 3. The fourth-order valence-corrected chi connectivity index (χ4v) is 2.70. The lowest BCUT2D eigenvalue weighted by molar-refractivity contribution is 0.0592. The maximum absolute atomic E-state index is 11.7. The van der Waals surface area contributed by atoms with E-state index in [1.54, 1.807) is 0 Å². The van der Waals surface area contributed by atoms with Crippen LogP contribution in [0.3, 0.4) is 0 Å². The van der Waals surface area contributed by atoms with Crippen molar-refractivity contribution < 1.29 is 9.53 Å². The SMILES string of the molecule is CCCc1c(C(=O)OC)nnn1CCCN1CCCC1. The number of carbonyl (C=O) groups excluding carboxylic acids is 1. The molecule has 1 saturated heterocycles. The van der Waals surface area contributed by atoms with Crippen molar-refractivity contribution in [3.63, 3.8) is 0 Å². The van der Waals surface area contributed by atoms with Crippen LogP contribution < -0.4 is 0 Å². The Labute approximate surface area is 120 Å². The molecule has 0 unspecified atom stereocenters. The van der Waals surface area contributed by atoms with E-state index < -0.39 is 0 Å². The predicted octanol–water partition coefficient (Wildman–Crippen LogP) is 1.50. The molecule has 0 amide bonds. The Bertz CT molecular complexity index is 438. The Morgan fingerprint density at radius 2 is 2.05 bits per heavy atom. The molecule has 0 radical (unpaired) electrons. The Morgan fingerprint density at radius 1 is 1.30 bits per heavy atom. The van der Waals surface area contributed by atoms with E-state index in [9.17, 15) is 4.79 Å². The van der Waals surface area contributed by atoms with Crippen molar-refractivity contribution in [3.05, 3.63) is 11.4 Å². The standard InChI is InChI=1S/C14H24N4O2/c1-3-7-12-13(14(19)20-2)15-16-18(12)11-6-10-17-8-4-5-9-17/h3-11H2,1-2H3. The zero-order valence-corrected chi connectivity index (χ0v) is 12.5. The van der Waals surface area contributed by atoms with Gasteiger partial charge in [-0.15, -0.1) is 5.10 Å². The van der Waals surface area contributed by atoms with Gasteiger partial charge in [-0.05, 0) is 45.3 Å². The van der Waals surface area contributed by atoms with Gasteiger partial charge in [0, 0.05) is 6.54 Å². The lowest BCUT2D eigenvalue weighted by atomic mass is 10.2. The highest BCUT2D eigenvalue weighted by Gasteiger charge is 2.19. The molecule has 1 aromatic heterocycles. The molecule has 112 valence electrons. The molecule has 0 bridgehead atoms. The van der Waals surface area contributed by atoms with Crippen molar-refractivity contribution in [2.75, 3.05) is 26.7 Å². The Kier molecular flexibility index (Phi) is 5.52. The van der Waals surface area contributed by atoms with Gasteiger partial charge in [-0.1, -0.05) is 18.6 Å². The first-order valence-corrected chi connectivity index (χ1v) is 7.49. The number of aryl methyl sites for hydroxylation is 1. The summed E-state index contributed by atoms with van der Waals surface area (Å²) in [7, 11) is 1.38. The second-order valence-corrected chi connectivity index (χ2v) is 5.25. The fourth-order valence-electron chi connectivity index (χ4n) is 2.70. The lowest BCUT2D eigenvalue weighted by Crippen LogP contribution is -2.22. The fraction of sp³-hybridized carbons (Fsp3) is 0.786. The second kappa shape index (κ2) is 7.38. The maximum atomic E-state index is 11.7. The maximum Gasteiger partial charge on any atom is 0.360 e. The van der Waals surface area contributed by atoms with Crippen LogP contribution in [0.2, 0.25) is 0 Å². The Morgan fingerprint density at radius 3 is 2.70 bits per heavy atom. The van der Waals surface area contributed by atoms with Gasteiger partial charge in [0.1, 0.15) is 0 Å². The van der Waals surface area contributed by atoms with Crippen LogP contribution >= 0.6 is 0 Å². The highest BCUT2D eigenvalue weighted by Crippen LogP contribution is 2.12. The van der Waals surface area contributed by atoms with Crippen molar-refractivity contribution in [1.29, 1.82) is 0 Å². The van der Waals surface area contributed by atoms with E-state index in [4.69, 9.17) is 4.74 Å². The van der Waals surface area contributed by atoms with Gasteiger partial charge in [0.25, 0.3) is 0 Å². The molecule has 6 nitrogen and oxygen atoms in total. The molecule has 2 heterocycles. The zero-order chi connectivity index (χ0) is 14.4. The van der Waals surface area contributed by atoms with E-state index in [1.165, 1.54) is 33.0 Å². The summed E-state index contributed by atoms with van der Waals surface area (Å²) in [5.41, 5.74) is 1.27. The molecule has 1 aromatic rings. The normalized spacial score (nSPS) is 15.7. The van der Waals surface area contributed by atoms with Crippen LogP contribution in [0.4, 0.5) is 0 Å². The quantitative estimate of drug-likeness (QED) is 0.708. The lowest BCUT2D eigenvalue weighted by Gasteiger charge is -2.14. The second-order valence-electron chi connectivity index (χ2n) is 5.25. The van der Waals surface area contributed by atoms with Gasteiger partial charge in [0.2, 0.25) is 0 Å². The third-order valence-corrected chi connectivity index (χ3v) is 3.75. The van der Waals surface area contributed by atoms with E-state index >= 15 is 0 Å². The van der Waals surface area contributed by atoms with Gasteiger partial charge in [0.15, 0.2) is 5.69 Å². The third-order valence-electron chi connectivity index (χ3n) is 3.75. The number of hydrogen-bond acceptors (Lipinski definition) is 5. The van der Waals surface area contributed by atoms with Gasteiger partial charge in [0.05, 0.1) is 12.8 Å². The first kappa shape index (κ1) is 15.0. The average molecular weight is 280 g/mol. The van der Waals surface area contributed by atoms with Crippen LogP contribution in [0.1, 0.15) is 48.8 Å². The number of likely N-dealkylation sites (tertiary alicyclic amines) is 1. The zero-order valence-electron chi connectivity index (χ0n) is 12.5. The molecule has 1 aliphatic rings. The smallest absolute Gasteiger partial charge is 0.360 e.